The van der Waals surface area contributed by atoms with Gasteiger partial charge in [0, 0.05) is 28.2 Å². The van der Waals surface area contributed by atoms with Crippen LogP contribution in [0.4, 0.5) is 4.39 Å². The zero-order valence-corrected chi connectivity index (χ0v) is 17.1. The number of nitrogens with zero attached hydrogens (tertiary/aromatic N) is 1. The van der Waals surface area contributed by atoms with Gasteiger partial charge in [-0.25, -0.2) is 12.8 Å². The van der Waals surface area contributed by atoms with E-state index in [1.54, 1.807) is 48.6 Å². The van der Waals surface area contributed by atoms with Crippen molar-refractivity contribution in [2.45, 2.75) is 11.3 Å². The summed E-state index contributed by atoms with van der Waals surface area (Å²) in [6.45, 7) is 3.57. The Kier molecular flexibility index (Phi) is 6.62. The predicted molar refractivity (Wildman–Crippen MR) is 118 cm³/mol. The van der Waals surface area contributed by atoms with Gasteiger partial charge in [-0.2, -0.15) is 0 Å². The van der Waals surface area contributed by atoms with Crippen molar-refractivity contribution < 1.29 is 12.8 Å². The number of sulfone groups is 1. The molecule has 0 unspecified atom stereocenters. The molecule has 0 saturated heterocycles. The van der Waals surface area contributed by atoms with Crippen molar-refractivity contribution in [1.29, 1.82) is 0 Å². The number of benzene rings is 1. The molecule has 29 heavy (non-hydrogen) atoms. The Labute approximate surface area is 174 Å². The Morgan fingerprint density at radius 1 is 1.17 bits per heavy atom. The number of hydrogen-bond acceptors (Lipinski definition) is 3. The molecule has 1 aromatic carbocycles. The largest absolute Gasteiger partial charge is 0.255 e. The third kappa shape index (κ3) is 5.00. The Morgan fingerprint density at radius 2 is 2.00 bits per heavy atom. The van der Waals surface area contributed by atoms with Gasteiger partial charge in [0.25, 0.3) is 0 Å². The lowest BCUT2D eigenvalue weighted by Gasteiger charge is -2.14. The second-order valence-corrected chi connectivity index (χ2v) is 8.75. The maximum Gasteiger partial charge on any atom is 0.184 e. The predicted octanol–water partition coefficient (Wildman–Crippen LogP) is 5.91. The number of halogens is 2. The highest BCUT2D eigenvalue weighted by Gasteiger charge is 2.22. The van der Waals surface area contributed by atoms with Crippen LogP contribution in [0.25, 0.3) is 16.5 Å². The van der Waals surface area contributed by atoms with Gasteiger partial charge < -0.3 is 0 Å². The van der Waals surface area contributed by atoms with E-state index >= 15 is 0 Å². The molecule has 0 spiro atoms. The summed E-state index contributed by atoms with van der Waals surface area (Å²) in [5, 5.41) is 1.14. The SMILES string of the molecule is C=C/C=C\C=C/CS(=O)(=O)c1cnc2cc(F)ccc2c1C1=CCC=C(Cl)C=C1. The first kappa shape index (κ1) is 21.0. The summed E-state index contributed by atoms with van der Waals surface area (Å²) in [4.78, 5) is 4.30. The fourth-order valence-corrected chi connectivity index (χ4v) is 4.41. The Bertz CT molecular complexity index is 1200. The molecule has 0 fully saturated rings. The Morgan fingerprint density at radius 3 is 2.79 bits per heavy atom. The third-order valence-corrected chi connectivity index (χ3v) is 6.19. The van der Waals surface area contributed by atoms with Gasteiger partial charge in [-0.1, -0.05) is 66.8 Å². The zero-order valence-electron chi connectivity index (χ0n) is 15.6. The van der Waals surface area contributed by atoms with Gasteiger partial charge in [0.05, 0.1) is 16.2 Å². The van der Waals surface area contributed by atoms with E-state index in [0.29, 0.717) is 33.5 Å². The number of pyridine rings is 1. The van der Waals surface area contributed by atoms with Crippen LogP contribution in [0.1, 0.15) is 12.0 Å². The fourth-order valence-electron chi connectivity index (χ4n) is 2.96. The zero-order chi connectivity index (χ0) is 20.9. The quantitative estimate of drug-likeness (QED) is 0.538. The molecule has 148 valence electrons. The number of rotatable bonds is 6. The highest BCUT2D eigenvalue weighted by atomic mass is 35.5. The molecular formula is C23H19ClFNO2S. The minimum atomic E-state index is -3.68. The van der Waals surface area contributed by atoms with Gasteiger partial charge in [0.1, 0.15) is 5.82 Å². The van der Waals surface area contributed by atoms with Crippen molar-refractivity contribution in [2.75, 3.05) is 5.75 Å². The monoisotopic (exact) mass is 427 g/mol. The van der Waals surface area contributed by atoms with Crippen molar-refractivity contribution >= 4 is 37.9 Å². The summed E-state index contributed by atoms with van der Waals surface area (Å²) < 4.78 is 39.9. The molecule has 0 amide bonds. The minimum absolute atomic E-state index is 0.0999. The second kappa shape index (κ2) is 9.16. The van der Waals surface area contributed by atoms with Gasteiger partial charge in [-0.3, -0.25) is 4.98 Å². The van der Waals surface area contributed by atoms with Crippen molar-refractivity contribution in [1.82, 2.24) is 4.98 Å². The fraction of sp³-hybridized carbons (Fsp3) is 0.0870. The van der Waals surface area contributed by atoms with E-state index in [-0.39, 0.29) is 10.6 Å². The van der Waals surface area contributed by atoms with Crippen molar-refractivity contribution in [2.24, 2.45) is 0 Å². The highest BCUT2D eigenvalue weighted by Crippen LogP contribution is 2.33. The lowest BCUT2D eigenvalue weighted by molar-refractivity contribution is 0.598. The number of hydrogen-bond donors (Lipinski definition) is 0. The molecule has 1 aromatic heterocycles. The molecule has 0 atom stereocenters. The second-order valence-electron chi connectivity index (χ2n) is 6.31. The van der Waals surface area contributed by atoms with E-state index in [2.05, 4.69) is 11.6 Å². The molecule has 6 heteroatoms. The van der Waals surface area contributed by atoms with Crippen LogP contribution in [0.2, 0.25) is 0 Å². The number of aromatic nitrogens is 1. The van der Waals surface area contributed by atoms with Gasteiger partial charge in [0.2, 0.25) is 0 Å². The lowest BCUT2D eigenvalue weighted by atomic mass is 10.00. The summed E-state index contributed by atoms with van der Waals surface area (Å²) in [5.74, 6) is -0.620. The standard InChI is InChI=1S/C23H19ClFNO2S/c1-2-3-4-5-6-14-29(27,28)22-16-26-21-15-19(25)12-13-20(21)23(22)17-8-7-9-18(24)11-10-17/h2-6,8-13,15-16H,1,7,14H2/b4-3-,6-5-. The number of allylic oxidation sites excluding steroid dienone is 10. The van der Waals surface area contributed by atoms with Crippen LogP contribution in [0.3, 0.4) is 0 Å². The van der Waals surface area contributed by atoms with E-state index in [9.17, 15) is 12.8 Å². The average molecular weight is 428 g/mol. The average Bonchev–Trinajstić information content (AvgIpc) is 2.91. The summed E-state index contributed by atoms with van der Waals surface area (Å²) in [6.07, 6.45) is 17.3. The number of fused-ring (bicyclic) bond motifs is 1. The van der Waals surface area contributed by atoms with E-state index < -0.39 is 15.7 Å². The summed E-state index contributed by atoms with van der Waals surface area (Å²) >= 11 is 6.09. The van der Waals surface area contributed by atoms with Crippen molar-refractivity contribution in [3.63, 3.8) is 0 Å². The van der Waals surface area contributed by atoms with Crippen LogP contribution in [-0.2, 0) is 9.84 Å². The third-order valence-electron chi connectivity index (χ3n) is 4.30. The molecule has 3 nitrogen and oxygen atoms in total. The topological polar surface area (TPSA) is 47.0 Å². The van der Waals surface area contributed by atoms with Gasteiger partial charge >= 0.3 is 0 Å². The smallest absolute Gasteiger partial charge is 0.184 e. The van der Waals surface area contributed by atoms with Gasteiger partial charge in [-0.05, 0) is 30.2 Å². The van der Waals surface area contributed by atoms with E-state index in [4.69, 9.17) is 11.6 Å². The molecule has 1 heterocycles. The normalized spacial score (nSPS) is 15.0. The van der Waals surface area contributed by atoms with Crippen LogP contribution in [0, 0.1) is 5.82 Å². The van der Waals surface area contributed by atoms with E-state index in [1.807, 2.05) is 12.2 Å². The molecule has 1 aliphatic carbocycles. The molecule has 1 aliphatic rings. The molecule has 0 radical (unpaired) electrons. The van der Waals surface area contributed by atoms with Crippen molar-refractivity contribution in [3.05, 3.63) is 102 Å². The molecule has 3 rings (SSSR count). The molecule has 0 bridgehead atoms. The first-order valence-corrected chi connectivity index (χ1v) is 10.9. The summed E-state index contributed by atoms with van der Waals surface area (Å²) in [6, 6.07) is 4.15. The molecule has 0 N–H and O–H groups in total. The van der Waals surface area contributed by atoms with Crippen LogP contribution >= 0.6 is 11.6 Å². The molecule has 0 aliphatic heterocycles. The molecular weight excluding hydrogens is 409 g/mol. The van der Waals surface area contributed by atoms with Crippen LogP contribution in [-0.4, -0.2) is 19.2 Å². The Hall–Kier alpha value is -2.76. The summed E-state index contributed by atoms with van der Waals surface area (Å²) in [7, 11) is -3.68. The molecule has 2 aromatic rings. The van der Waals surface area contributed by atoms with E-state index in [0.717, 1.165) is 0 Å². The van der Waals surface area contributed by atoms with Crippen LogP contribution in [0.5, 0.6) is 0 Å². The Balaban J connectivity index is 2.17. The maximum atomic E-state index is 13.7. The van der Waals surface area contributed by atoms with Gasteiger partial charge in [0.15, 0.2) is 9.84 Å². The van der Waals surface area contributed by atoms with E-state index in [1.165, 1.54) is 18.3 Å². The highest BCUT2D eigenvalue weighted by molar-refractivity contribution is 7.91. The molecule has 0 saturated carbocycles. The minimum Gasteiger partial charge on any atom is -0.255 e. The van der Waals surface area contributed by atoms with Crippen molar-refractivity contribution in [3.8, 4) is 0 Å². The van der Waals surface area contributed by atoms with Gasteiger partial charge in [-0.15, -0.1) is 0 Å². The summed E-state index contributed by atoms with van der Waals surface area (Å²) in [5.41, 5.74) is 1.59. The maximum absolute atomic E-state index is 13.7. The first-order valence-electron chi connectivity index (χ1n) is 8.92. The lowest BCUT2D eigenvalue weighted by Crippen LogP contribution is -2.09. The first-order chi connectivity index (χ1) is 13.9. The van der Waals surface area contributed by atoms with Crippen LogP contribution < -0.4 is 0 Å². The van der Waals surface area contributed by atoms with Crippen LogP contribution in [0.15, 0.2) is 95.6 Å².